The molecule has 5 nitrogen and oxygen atoms in total. The van der Waals surface area contributed by atoms with Crippen molar-refractivity contribution in [3.63, 3.8) is 0 Å². The van der Waals surface area contributed by atoms with Gasteiger partial charge in [0.2, 0.25) is 0 Å². The molecule has 0 spiro atoms. The van der Waals surface area contributed by atoms with Gasteiger partial charge in [0.05, 0.1) is 0 Å². The second-order valence-electron chi connectivity index (χ2n) is 4.84. The third kappa shape index (κ3) is 4.56. The van der Waals surface area contributed by atoms with Gasteiger partial charge in [-0.25, -0.2) is 0 Å². The summed E-state index contributed by atoms with van der Waals surface area (Å²) in [7, 11) is 3.22. The summed E-state index contributed by atoms with van der Waals surface area (Å²) >= 11 is 0. The molecule has 1 atom stereocenters. The normalized spacial score (nSPS) is 25.3. The van der Waals surface area contributed by atoms with E-state index in [1.54, 1.807) is 21.3 Å². The first-order valence-electron chi connectivity index (χ1n) is 6.78. The minimum Gasteiger partial charge on any atom is -0.481 e. The molecule has 1 unspecified atom stereocenters. The number of carboxylic acid groups (broad SMARTS) is 1. The first-order chi connectivity index (χ1) is 8.93. The lowest BCUT2D eigenvalue weighted by Crippen LogP contribution is -2.64. The van der Waals surface area contributed by atoms with Crippen molar-refractivity contribution in [3.8, 4) is 0 Å². The minimum absolute atomic E-state index is 0.122. The molecule has 0 saturated carbocycles. The maximum absolute atomic E-state index is 9.00. The van der Waals surface area contributed by atoms with Gasteiger partial charge in [0.1, 0.15) is 5.22 Å². The van der Waals surface area contributed by atoms with E-state index in [0.717, 1.165) is 32.2 Å². The van der Waals surface area contributed by atoms with Crippen LogP contribution in [0.25, 0.3) is 0 Å². The largest absolute Gasteiger partial charge is 0.481 e. The number of hydrogen-bond acceptors (Lipinski definition) is 4. The van der Waals surface area contributed by atoms with Crippen LogP contribution in [0.3, 0.4) is 0 Å². The van der Waals surface area contributed by atoms with Gasteiger partial charge >= 0.3 is 8.56 Å². The Kier molecular flexibility index (Phi) is 8.48. The van der Waals surface area contributed by atoms with Crippen molar-refractivity contribution in [2.75, 3.05) is 21.3 Å². The zero-order valence-electron chi connectivity index (χ0n) is 12.8. The summed E-state index contributed by atoms with van der Waals surface area (Å²) in [5, 5.41) is 7.30. The molecule has 0 aromatic carbocycles. The molecule has 0 radical (unpaired) electrons. The Hall–Kier alpha value is -0.433. The van der Waals surface area contributed by atoms with Crippen molar-refractivity contribution >= 4 is 14.5 Å². The standard InChI is InChI=1S/C11H24O3Si.C2H4O2/c1-5-8-11(12-2)9-6-7-10-15(11,13-3)14-4;1-2(3)4/h5-10H2,1-4H3;1H3,(H,3,4). The highest BCUT2D eigenvalue weighted by Gasteiger charge is 2.58. The predicted molar refractivity (Wildman–Crippen MR) is 76.4 cm³/mol. The molecule has 0 aromatic heterocycles. The molecule has 1 aliphatic heterocycles. The molecule has 0 amide bonds. The van der Waals surface area contributed by atoms with Crippen LogP contribution in [-0.2, 0) is 18.4 Å². The van der Waals surface area contributed by atoms with E-state index in [4.69, 9.17) is 23.5 Å². The maximum atomic E-state index is 9.00. The summed E-state index contributed by atoms with van der Waals surface area (Å²) in [4.78, 5) is 9.00. The second kappa shape index (κ2) is 8.68. The molecule has 0 aromatic rings. The monoisotopic (exact) mass is 292 g/mol. The van der Waals surface area contributed by atoms with Gasteiger partial charge in [-0.3, -0.25) is 4.79 Å². The van der Waals surface area contributed by atoms with Crippen LogP contribution < -0.4 is 0 Å². The van der Waals surface area contributed by atoms with Gasteiger partial charge in [0.15, 0.2) is 0 Å². The predicted octanol–water partition coefficient (Wildman–Crippen LogP) is 2.72. The summed E-state index contributed by atoms with van der Waals surface area (Å²) in [6.45, 7) is 3.28. The molecule has 1 fully saturated rings. The molecule has 1 N–H and O–H groups in total. The topological polar surface area (TPSA) is 65.0 Å². The van der Waals surface area contributed by atoms with Gasteiger partial charge in [-0.2, -0.15) is 0 Å². The Labute approximate surface area is 117 Å². The zero-order valence-corrected chi connectivity index (χ0v) is 13.8. The van der Waals surface area contributed by atoms with E-state index in [0.29, 0.717) is 0 Å². The van der Waals surface area contributed by atoms with E-state index in [-0.39, 0.29) is 5.22 Å². The summed E-state index contributed by atoms with van der Waals surface area (Å²) < 4.78 is 17.4. The molecule has 1 saturated heterocycles. The number of aliphatic carboxylic acids is 1. The molecular formula is C13H28O5Si. The Bertz CT molecular complexity index is 260. The highest BCUT2D eigenvalue weighted by Crippen LogP contribution is 2.42. The maximum Gasteiger partial charge on any atom is 0.370 e. The SMILES string of the molecule is CC(=O)O.CCCC1(OC)CCCC[Si]1(OC)OC. The van der Waals surface area contributed by atoms with Crippen LogP contribution >= 0.6 is 0 Å². The van der Waals surface area contributed by atoms with Crippen LogP contribution in [0, 0.1) is 0 Å². The molecule has 1 aliphatic rings. The average molecular weight is 292 g/mol. The van der Waals surface area contributed by atoms with Crippen LogP contribution in [0.4, 0.5) is 0 Å². The number of hydrogen-bond donors (Lipinski definition) is 1. The van der Waals surface area contributed by atoms with Crippen LogP contribution in [0.15, 0.2) is 0 Å². The second-order valence-corrected chi connectivity index (χ2v) is 8.57. The number of rotatable bonds is 5. The summed E-state index contributed by atoms with van der Waals surface area (Å²) in [5.74, 6) is -0.833. The van der Waals surface area contributed by atoms with E-state index < -0.39 is 14.5 Å². The van der Waals surface area contributed by atoms with Crippen molar-refractivity contribution in [2.24, 2.45) is 0 Å². The Morgan fingerprint density at radius 1 is 1.26 bits per heavy atom. The summed E-state index contributed by atoms with van der Waals surface area (Å²) in [5.41, 5.74) is 0. The van der Waals surface area contributed by atoms with Gasteiger partial charge in [0, 0.05) is 28.3 Å². The lowest BCUT2D eigenvalue weighted by Gasteiger charge is -2.47. The van der Waals surface area contributed by atoms with E-state index in [1.165, 1.54) is 12.8 Å². The molecule has 1 rings (SSSR count). The van der Waals surface area contributed by atoms with Gasteiger partial charge in [0.25, 0.3) is 5.97 Å². The van der Waals surface area contributed by atoms with Gasteiger partial charge < -0.3 is 18.7 Å². The Morgan fingerprint density at radius 3 is 2.16 bits per heavy atom. The third-order valence-corrected chi connectivity index (χ3v) is 8.16. The fourth-order valence-electron chi connectivity index (χ4n) is 2.92. The highest BCUT2D eigenvalue weighted by atomic mass is 28.4. The molecular weight excluding hydrogens is 264 g/mol. The van der Waals surface area contributed by atoms with E-state index in [2.05, 4.69) is 6.92 Å². The number of carboxylic acids is 1. The van der Waals surface area contributed by atoms with Crippen molar-refractivity contribution in [2.45, 2.75) is 57.2 Å². The van der Waals surface area contributed by atoms with Gasteiger partial charge in [-0.15, -0.1) is 0 Å². The van der Waals surface area contributed by atoms with E-state index in [9.17, 15) is 0 Å². The minimum atomic E-state index is -2.15. The molecule has 6 heteroatoms. The van der Waals surface area contributed by atoms with Crippen molar-refractivity contribution in [1.82, 2.24) is 0 Å². The molecule has 0 bridgehead atoms. The number of methoxy groups -OCH3 is 1. The lowest BCUT2D eigenvalue weighted by atomic mass is 10.1. The first kappa shape index (κ1) is 18.6. The van der Waals surface area contributed by atoms with Crippen LogP contribution in [0.1, 0.15) is 46.0 Å². The quantitative estimate of drug-likeness (QED) is 0.789. The average Bonchev–Trinajstić information content (AvgIpc) is 2.39. The van der Waals surface area contributed by atoms with E-state index in [1.807, 2.05) is 0 Å². The Morgan fingerprint density at radius 2 is 1.79 bits per heavy atom. The zero-order chi connectivity index (χ0) is 14.9. The summed E-state index contributed by atoms with van der Waals surface area (Å²) in [6.07, 6.45) is 5.70. The lowest BCUT2D eigenvalue weighted by molar-refractivity contribution is -0.134. The van der Waals surface area contributed by atoms with Crippen LogP contribution in [-0.4, -0.2) is 46.2 Å². The fourth-order valence-corrected chi connectivity index (χ4v) is 6.91. The first-order valence-corrected chi connectivity index (χ1v) is 8.81. The highest BCUT2D eigenvalue weighted by molar-refractivity contribution is 6.70. The van der Waals surface area contributed by atoms with Crippen LogP contribution in [0.5, 0.6) is 0 Å². The summed E-state index contributed by atoms with van der Waals surface area (Å²) in [6, 6.07) is 1.06. The molecule has 114 valence electrons. The molecule has 19 heavy (non-hydrogen) atoms. The van der Waals surface area contributed by atoms with Crippen LogP contribution in [0.2, 0.25) is 6.04 Å². The smallest absolute Gasteiger partial charge is 0.370 e. The molecule has 1 heterocycles. The van der Waals surface area contributed by atoms with Crippen molar-refractivity contribution in [3.05, 3.63) is 0 Å². The number of carbonyl (C=O) groups is 1. The molecule has 0 aliphatic carbocycles. The van der Waals surface area contributed by atoms with E-state index >= 15 is 0 Å². The fraction of sp³-hybridized carbons (Fsp3) is 0.923. The van der Waals surface area contributed by atoms with Crippen molar-refractivity contribution in [1.29, 1.82) is 0 Å². The third-order valence-electron chi connectivity index (χ3n) is 3.73. The van der Waals surface area contributed by atoms with Gasteiger partial charge in [-0.05, 0) is 18.9 Å². The van der Waals surface area contributed by atoms with Crippen molar-refractivity contribution < 1.29 is 23.5 Å². The number of ether oxygens (including phenoxy) is 1. The van der Waals surface area contributed by atoms with Gasteiger partial charge in [-0.1, -0.05) is 26.2 Å². The Balaban J connectivity index is 0.000000711.